The molecule has 1 saturated carbocycles. The molecule has 7 heteroatoms. The Morgan fingerprint density at radius 2 is 1.91 bits per heavy atom. The number of rotatable bonds is 5. The van der Waals surface area contributed by atoms with Gasteiger partial charge in [-0.15, -0.1) is 24.8 Å². The molecule has 0 atom stereocenters. The molecule has 2 heterocycles. The normalized spacial score (nSPS) is 14.5. The van der Waals surface area contributed by atoms with Gasteiger partial charge in [0.05, 0.1) is 12.8 Å². The molecule has 22 heavy (non-hydrogen) atoms. The second kappa shape index (κ2) is 7.72. The SMILES string of the molecule is Cl.Cl.NCC1(COc2cnc(F)c(-c3ccncc3)c2)CC1. The van der Waals surface area contributed by atoms with Gasteiger partial charge in [-0.1, -0.05) is 0 Å². The first kappa shape index (κ1) is 18.6. The van der Waals surface area contributed by atoms with Crippen LogP contribution in [-0.4, -0.2) is 23.1 Å². The van der Waals surface area contributed by atoms with Crippen LogP contribution in [0, 0.1) is 11.4 Å². The van der Waals surface area contributed by atoms with E-state index < -0.39 is 5.95 Å². The van der Waals surface area contributed by atoms with Crippen LogP contribution in [-0.2, 0) is 0 Å². The third kappa shape index (κ3) is 4.06. The van der Waals surface area contributed by atoms with Gasteiger partial charge in [-0.3, -0.25) is 4.98 Å². The van der Waals surface area contributed by atoms with Crippen molar-refractivity contribution in [1.29, 1.82) is 0 Å². The fourth-order valence-electron chi connectivity index (χ4n) is 2.06. The van der Waals surface area contributed by atoms with Gasteiger partial charge in [0.2, 0.25) is 5.95 Å². The fraction of sp³-hybridized carbons (Fsp3) is 0.333. The largest absolute Gasteiger partial charge is 0.491 e. The summed E-state index contributed by atoms with van der Waals surface area (Å²) in [5.74, 6) is 0.0569. The monoisotopic (exact) mass is 345 g/mol. The van der Waals surface area contributed by atoms with Crippen molar-refractivity contribution in [3.8, 4) is 16.9 Å². The Kier molecular flexibility index (Phi) is 6.53. The van der Waals surface area contributed by atoms with Gasteiger partial charge in [-0.05, 0) is 36.6 Å². The van der Waals surface area contributed by atoms with Crippen LogP contribution >= 0.6 is 24.8 Å². The number of aromatic nitrogens is 2. The van der Waals surface area contributed by atoms with Crippen molar-refractivity contribution in [1.82, 2.24) is 9.97 Å². The van der Waals surface area contributed by atoms with Crippen LogP contribution in [0.25, 0.3) is 11.1 Å². The summed E-state index contributed by atoms with van der Waals surface area (Å²) in [6.07, 6.45) is 6.84. The van der Waals surface area contributed by atoms with Crippen molar-refractivity contribution in [3.63, 3.8) is 0 Å². The summed E-state index contributed by atoms with van der Waals surface area (Å²) in [5, 5.41) is 0. The number of hydrogen-bond donors (Lipinski definition) is 1. The molecular formula is C15H18Cl2FN3O. The number of nitrogens with two attached hydrogens (primary N) is 1. The third-order valence-corrected chi connectivity index (χ3v) is 3.74. The van der Waals surface area contributed by atoms with Gasteiger partial charge in [0.15, 0.2) is 0 Å². The molecule has 0 spiro atoms. The molecule has 120 valence electrons. The molecule has 1 fully saturated rings. The highest BCUT2D eigenvalue weighted by atomic mass is 35.5. The number of pyridine rings is 2. The van der Waals surface area contributed by atoms with E-state index >= 15 is 0 Å². The second-order valence-electron chi connectivity index (χ2n) is 5.24. The van der Waals surface area contributed by atoms with E-state index in [1.54, 1.807) is 30.6 Å². The molecule has 2 aromatic rings. The minimum atomic E-state index is -0.511. The Labute approximate surface area is 141 Å². The Morgan fingerprint density at radius 3 is 2.50 bits per heavy atom. The zero-order valence-corrected chi connectivity index (χ0v) is 13.5. The van der Waals surface area contributed by atoms with Crippen molar-refractivity contribution in [3.05, 3.63) is 42.7 Å². The van der Waals surface area contributed by atoms with E-state index in [1.807, 2.05) is 0 Å². The molecule has 0 unspecified atom stereocenters. The maximum Gasteiger partial charge on any atom is 0.220 e. The predicted octanol–water partition coefficient (Wildman–Crippen LogP) is 3.24. The molecule has 1 aliphatic carbocycles. The predicted molar refractivity (Wildman–Crippen MR) is 88.1 cm³/mol. The number of halogens is 3. The summed E-state index contributed by atoms with van der Waals surface area (Å²) in [6, 6.07) is 5.16. The summed E-state index contributed by atoms with van der Waals surface area (Å²) in [5.41, 5.74) is 6.98. The molecule has 3 rings (SSSR count). The van der Waals surface area contributed by atoms with Gasteiger partial charge in [0, 0.05) is 29.9 Å². The lowest BCUT2D eigenvalue weighted by Gasteiger charge is -2.14. The zero-order chi connectivity index (χ0) is 14.0. The van der Waals surface area contributed by atoms with E-state index in [0.29, 0.717) is 24.5 Å². The second-order valence-corrected chi connectivity index (χ2v) is 5.24. The van der Waals surface area contributed by atoms with E-state index in [-0.39, 0.29) is 30.2 Å². The Morgan fingerprint density at radius 1 is 1.23 bits per heavy atom. The first-order chi connectivity index (χ1) is 9.72. The highest BCUT2D eigenvalue weighted by Gasteiger charge is 2.42. The van der Waals surface area contributed by atoms with Gasteiger partial charge in [-0.25, -0.2) is 4.98 Å². The summed E-state index contributed by atoms with van der Waals surface area (Å²) in [4.78, 5) is 7.68. The molecule has 2 N–H and O–H groups in total. The molecule has 0 saturated heterocycles. The summed E-state index contributed by atoms with van der Waals surface area (Å²) >= 11 is 0. The highest BCUT2D eigenvalue weighted by Crippen LogP contribution is 2.44. The molecule has 2 aromatic heterocycles. The van der Waals surface area contributed by atoms with Crippen molar-refractivity contribution >= 4 is 24.8 Å². The Balaban J connectivity index is 0.00000121. The molecule has 0 aromatic carbocycles. The van der Waals surface area contributed by atoms with Crippen LogP contribution < -0.4 is 10.5 Å². The van der Waals surface area contributed by atoms with Crippen LogP contribution in [0.15, 0.2) is 36.8 Å². The lowest BCUT2D eigenvalue weighted by Crippen LogP contribution is -2.22. The van der Waals surface area contributed by atoms with Crippen molar-refractivity contribution in [2.24, 2.45) is 11.1 Å². The maximum absolute atomic E-state index is 13.8. The van der Waals surface area contributed by atoms with E-state index in [9.17, 15) is 4.39 Å². The molecule has 0 bridgehead atoms. The van der Waals surface area contributed by atoms with Crippen molar-refractivity contribution in [2.45, 2.75) is 12.8 Å². The number of nitrogens with zero attached hydrogens (tertiary/aromatic N) is 2. The van der Waals surface area contributed by atoms with Crippen LogP contribution in [0.4, 0.5) is 4.39 Å². The van der Waals surface area contributed by atoms with Crippen molar-refractivity contribution < 1.29 is 9.13 Å². The van der Waals surface area contributed by atoms with Crippen LogP contribution in [0.1, 0.15) is 12.8 Å². The Hall–Kier alpha value is -1.43. The number of hydrogen-bond acceptors (Lipinski definition) is 4. The maximum atomic E-state index is 13.8. The number of ether oxygens (including phenoxy) is 1. The third-order valence-electron chi connectivity index (χ3n) is 3.74. The highest BCUT2D eigenvalue weighted by molar-refractivity contribution is 5.85. The average Bonchev–Trinajstić information content (AvgIpc) is 3.28. The van der Waals surface area contributed by atoms with Crippen molar-refractivity contribution in [2.75, 3.05) is 13.2 Å². The molecule has 0 aliphatic heterocycles. The van der Waals surface area contributed by atoms with Gasteiger partial charge in [0.25, 0.3) is 0 Å². The zero-order valence-electron chi connectivity index (χ0n) is 11.9. The summed E-state index contributed by atoms with van der Waals surface area (Å²) in [6.45, 7) is 1.19. The van der Waals surface area contributed by atoms with Gasteiger partial charge in [-0.2, -0.15) is 4.39 Å². The molecule has 4 nitrogen and oxygen atoms in total. The topological polar surface area (TPSA) is 61.0 Å². The van der Waals surface area contributed by atoms with Gasteiger partial charge >= 0.3 is 0 Å². The van der Waals surface area contributed by atoms with Crippen LogP contribution in [0.2, 0.25) is 0 Å². The van der Waals surface area contributed by atoms with E-state index in [1.165, 1.54) is 6.20 Å². The fourth-order valence-corrected chi connectivity index (χ4v) is 2.06. The molecular weight excluding hydrogens is 328 g/mol. The lowest BCUT2D eigenvalue weighted by molar-refractivity contribution is 0.237. The molecule has 1 aliphatic rings. The minimum absolute atomic E-state index is 0. The van der Waals surface area contributed by atoms with E-state index in [0.717, 1.165) is 18.4 Å². The Bertz CT molecular complexity index is 609. The first-order valence-corrected chi connectivity index (χ1v) is 6.61. The van der Waals surface area contributed by atoms with Gasteiger partial charge < -0.3 is 10.5 Å². The van der Waals surface area contributed by atoms with E-state index in [2.05, 4.69) is 9.97 Å². The summed E-state index contributed by atoms with van der Waals surface area (Å²) in [7, 11) is 0. The molecule has 0 radical (unpaired) electrons. The van der Waals surface area contributed by atoms with Crippen LogP contribution in [0.3, 0.4) is 0 Å². The molecule has 0 amide bonds. The summed E-state index contributed by atoms with van der Waals surface area (Å²) < 4.78 is 19.5. The average molecular weight is 346 g/mol. The smallest absolute Gasteiger partial charge is 0.220 e. The van der Waals surface area contributed by atoms with Gasteiger partial charge in [0.1, 0.15) is 5.75 Å². The van der Waals surface area contributed by atoms with E-state index in [4.69, 9.17) is 10.5 Å². The minimum Gasteiger partial charge on any atom is -0.491 e. The first-order valence-electron chi connectivity index (χ1n) is 6.61. The lowest BCUT2D eigenvalue weighted by atomic mass is 10.1. The quantitative estimate of drug-likeness (QED) is 0.845. The van der Waals surface area contributed by atoms with Crippen LogP contribution in [0.5, 0.6) is 5.75 Å². The standard InChI is InChI=1S/C15H16FN3O.2ClH/c16-14-13(11-1-5-18-6-2-11)7-12(8-19-14)20-10-15(9-17)3-4-15;;/h1-2,5-8H,3-4,9-10,17H2;2*1H.